The van der Waals surface area contributed by atoms with Crippen molar-refractivity contribution in [2.45, 2.75) is 24.8 Å². The van der Waals surface area contributed by atoms with Crippen molar-refractivity contribution in [3.63, 3.8) is 0 Å². The molecule has 3 aliphatic rings. The van der Waals surface area contributed by atoms with E-state index in [1.54, 1.807) is 11.3 Å². The molecule has 0 fully saturated rings. The van der Waals surface area contributed by atoms with Crippen LogP contribution in [0.3, 0.4) is 0 Å². The molecule has 2 unspecified atom stereocenters. The lowest BCUT2D eigenvalue weighted by molar-refractivity contribution is 0.596. The fourth-order valence-electron chi connectivity index (χ4n) is 12.2. The molecule has 0 N–H and O–H groups in total. The molecule has 0 saturated heterocycles. The van der Waals surface area contributed by atoms with Gasteiger partial charge in [-0.05, 0) is 106 Å². The number of hydrogen-bond donors (Lipinski definition) is 0. The highest BCUT2D eigenvalue weighted by Gasteiger charge is 2.39. The highest BCUT2D eigenvalue weighted by atomic mass is 32.1. The van der Waals surface area contributed by atoms with E-state index in [-0.39, 0.29) is 12.0 Å². The summed E-state index contributed by atoms with van der Waals surface area (Å²) < 4.78 is 11.8. The molecule has 0 saturated carbocycles. The molecule has 9 aromatic carbocycles. The summed E-state index contributed by atoms with van der Waals surface area (Å²) in [5, 5.41) is 10.6. The molecule has 0 bridgehead atoms. The van der Waals surface area contributed by atoms with E-state index in [0.717, 1.165) is 84.8 Å². The number of para-hydroxylation sites is 2. The summed E-state index contributed by atoms with van der Waals surface area (Å²) in [6.45, 7) is 0. The van der Waals surface area contributed by atoms with E-state index in [1.165, 1.54) is 52.8 Å². The first kappa shape index (κ1) is 39.9. The molecule has 5 heterocycles. The Bertz CT molecular complexity index is 4620. The van der Waals surface area contributed by atoms with Crippen LogP contribution in [0.5, 0.6) is 0 Å². The Morgan fingerprint density at radius 3 is 2.03 bits per heavy atom. The van der Waals surface area contributed by atoms with Crippen LogP contribution in [0.25, 0.3) is 122 Å². The first-order valence-corrected chi connectivity index (χ1v) is 25.6. The number of allylic oxidation sites excluding steroid dienone is 1. The maximum absolute atomic E-state index is 7.04. The van der Waals surface area contributed by atoms with E-state index in [0.29, 0.717) is 17.5 Å². The van der Waals surface area contributed by atoms with Gasteiger partial charge in [-0.25, -0.2) is 15.0 Å². The average molecular weight is 940 g/mol. The zero-order chi connectivity index (χ0) is 47.0. The van der Waals surface area contributed by atoms with Gasteiger partial charge in [0.15, 0.2) is 17.5 Å². The molecule has 0 amide bonds. The number of anilines is 2. The standard InChI is InChI=1S/C65H41N5OS/c1-2-20-42(21-3-1)69-53-27-11-8-23-45(53)60-47(25-14-28-54(60)69)63-66-64(48-26-15-31-59-61(48)46-24-10-13-30-58(46)72-59)68-65(67-63)52-37-43(36-51-44-22-9-12-29-57(44)71-62(51)52)70-55-34-40-18-6-4-16-38(40)32-49(55)50-33-39-17-5-7-19-41(39)35-56(50)70/h1-8,10-21,23-37,49,55H,9,22H2. The molecule has 2 atom stereocenters. The molecule has 72 heavy (non-hydrogen) atoms. The summed E-state index contributed by atoms with van der Waals surface area (Å²) in [4.78, 5) is 19.4. The predicted molar refractivity (Wildman–Crippen MR) is 298 cm³/mol. The molecule has 0 spiro atoms. The van der Waals surface area contributed by atoms with E-state index in [4.69, 9.17) is 19.4 Å². The number of rotatable bonds is 5. The minimum atomic E-state index is 0.0353. The maximum atomic E-state index is 7.04. The molecular weight excluding hydrogens is 899 g/mol. The Balaban J connectivity index is 0.998. The van der Waals surface area contributed by atoms with E-state index < -0.39 is 0 Å². The van der Waals surface area contributed by atoms with Crippen LogP contribution in [0.2, 0.25) is 0 Å². The van der Waals surface area contributed by atoms with E-state index in [2.05, 4.69) is 222 Å². The number of hydrogen-bond acceptors (Lipinski definition) is 6. The topological polar surface area (TPSA) is 60.0 Å². The van der Waals surface area contributed by atoms with Gasteiger partial charge < -0.3 is 13.9 Å². The van der Waals surface area contributed by atoms with Crippen molar-refractivity contribution in [2.75, 3.05) is 4.90 Å². The third-order valence-electron chi connectivity index (χ3n) is 15.4. The third-order valence-corrected chi connectivity index (χ3v) is 16.5. The zero-order valence-electron chi connectivity index (χ0n) is 38.8. The van der Waals surface area contributed by atoms with Gasteiger partial charge in [0, 0.05) is 76.0 Å². The van der Waals surface area contributed by atoms with Crippen LogP contribution in [0.4, 0.5) is 11.4 Å². The number of aromatic nitrogens is 4. The molecular formula is C65H41N5OS. The maximum Gasteiger partial charge on any atom is 0.167 e. The molecule has 13 aromatic rings. The molecule has 4 aromatic heterocycles. The minimum Gasteiger partial charge on any atom is -0.456 e. The van der Waals surface area contributed by atoms with Crippen molar-refractivity contribution in [3.05, 3.63) is 221 Å². The van der Waals surface area contributed by atoms with E-state index in [9.17, 15) is 0 Å². The lowest BCUT2D eigenvalue weighted by atomic mass is 9.88. The molecule has 0 radical (unpaired) electrons. The number of thiophene rings is 1. The van der Waals surface area contributed by atoms with Gasteiger partial charge in [0.05, 0.1) is 22.6 Å². The van der Waals surface area contributed by atoms with Crippen LogP contribution in [0, 0.1) is 0 Å². The van der Waals surface area contributed by atoms with Crippen LogP contribution < -0.4 is 15.3 Å². The largest absolute Gasteiger partial charge is 0.456 e. The van der Waals surface area contributed by atoms with Crippen LogP contribution >= 0.6 is 11.3 Å². The van der Waals surface area contributed by atoms with Gasteiger partial charge in [-0.1, -0.05) is 146 Å². The highest BCUT2D eigenvalue weighted by Crippen LogP contribution is 2.51. The van der Waals surface area contributed by atoms with Crippen molar-refractivity contribution >= 4 is 105 Å². The summed E-state index contributed by atoms with van der Waals surface area (Å²) in [6.07, 6.45) is 11.2. The van der Waals surface area contributed by atoms with E-state index in [1.807, 2.05) is 0 Å². The van der Waals surface area contributed by atoms with Crippen LogP contribution in [-0.4, -0.2) is 25.6 Å². The summed E-state index contributed by atoms with van der Waals surface area (Å²) >= 11 is 1.80. The molecule has 7 heteroatoms. The second-order valence-electron chi connectivity index (χ2n) is 19.3. The Hall–Kier alpha value is -8.91. The smallest absolute Gasteiger partial charge is 0.167 e. The first-order valence-electron chi connectivity index (χ1n) is 24.8. The normalized spacial score (nSPS) is 15.8. The lowest BCUT2D eigenvalue weighted by Crippen LogP contribution is -2.38. The minimum absolute atomic E-state index is 0.0353. The van der Waals surface area contributed by atoms with Crippen molar-refractivity contribution in [2.24, 2.45) is 0 Å². The van der Waals surface area contributed by atoms with Gasteiger partial charge in [0.2, 0.25) is 0 Å². The SMILES string of the molecule is C1=Cc2oc3c(-c4nc(-c5cccc6sc7ccccc7c56)nc(-c5cccc6c5c5ccccc5n6-c5ccccc5)n4)cc(N4c5cc6ccccc6cc5C5C=c6ccccc6=CC54)cc3c2CC1. The predicted octanol–water partition coefficient (Wildman–Crippen LogP) is 15.1. The van der Waals surface area contributed by atoms with Gasteiger partial charge >= 0.3 is 0 Å². The zero-order valence-corrected chi connectivity index (χ0v) is 39.6. The third kappa shape index (κ3) is 5.86. The van der Waals surface area contributed by atoms with Gasteiger partial charge in [0.1, 0.15) is 11.3 Å². The number of furan rings is 1. The summed E-state index contributed by atoms with van der Waals surface area (Å²) in [7, 11) is 0. The summed E-state index contributed by atoms with van der Waals surface area (Å²) in [5.41, 5.74) is 11.7. The van der Waals surface area contributed by atoms with Gasteiger partial charge in [0.25, 0.3) is 0 Å². The van der Waals surface area contributed by atoms with Gasteiger partial charge in [-0.3, -0.25) is 0 Å². The monoisotopic (exact) mass is 939 g/mol. The summed E-state index contributed by atoms with van der Waals surface area (Å²) in [6, 6.07) is 68.0. The first-order chi connectivity index (χ1) is 35.7. The van der Waals surface area contributed by atoms with Crippen LogP contribution in [0.15, 0.2) is 199 Å². The van der Waals surface area contributed by atoms with Crippen LogP contribution in [0.1, 0.15) is 29.2 Å². The Morgan fingerprint density at radius 2 is 1.18 bits per heavy atom. The number of aryl methyl sites for hydroxylation is 1. The Kier molecular flexibility index (Phi) is 8.47. The number of nitrogens with zero attached hydrogens (tertiary/aromatic N) is 5. The Labute approximate surface area is 417 Å². The molecule has 1 aliphatic heterocycles. The fraction of sp³-hybridized carbons (Fsp3) is 0.0615. The lowest BCUT2D eigenvalue weighted by Gasteiger charge is -2.29. The molecule has 16 rings (SSSR count). The molecule has 2 aliphatic carbocycles. The second kappa shape index (κ2) is 15.3. The van der Waals surface area contributed by atoms with E-state index >= 15 is 0 Å². The second-order valence-corrected chi connectivity index (χ2v) is 20.4. The number of fused-ring (bicyclic) bond motifs is 14. The quantitative estimate of drug-likeness (QED) is 0.172. The van der Waals surface area contributed by atoms with Gasteiger partial charge in [-0.15, -0.1) is 11.3 Å². The number of benzene rings is 9. The Morgan fingerprint density at radius 1 is 0.514 bits per heavy atom. The summed E-state index contributed by atoms with van der Waals surface area (Å²) in [5.74, 6) is 2.83. The highest BCUT2D eigenvalue weighted by molar-refractivity contribution is 7.25. The van der Waals surface area contributed by atoms with Crippen molar-refractivity contribution in [1.82, 2.24) is 19.5 Å². The van der Waals surface area contributed by atoms with Crippen molar-refractivity contribution in [1.29, 1.82) is 0 Å². The fourth-order valence-corrected chi connectivity index (χ4v) is 13.4. The molecule has 6 nitrogen and oxygen atoms in total. The average Bonchev–Trinajstić information content (AvgIpc) is 4.19. The molecule has 338 valence electrons. The van der Waals surface area contributed by atoms with Crippen LogP contribution in [-0.2, 0) is 6.42 Å². The van der Waals surface area contributed by atoms with Gasteiger partial charge in [-0.2, -0.15) is 0 Å². The van der Waals surface area contributed by atoms with Crippen molar-refractivity contribution < 1.29 is 4.42 Å². The van der Waals surface area contributed by atoms with Crippen molar-refractivity contribution in [3.8, 4) is 39.9 Å².